The summed E-state index contributed by atoms with van der Waals surface area (Å²) in [4.78, 5) is 38.2. The van der Waals surface area contributed by atoms with Crippen molar-refractivity contribution in [1.29, 1.82) is 0 Å². The Hall–Kier alpha value is -1.59. The Morgan fingerprint density at radius 2 is 0.500 bits per heavy atom. The summed E-state index contributed by atoms with van der Waals surface area (Å²) in [6, 6.07) is 0. The van der Waals surface area contributed by atoms with Gasteiger partial charge in [-0.25, -0.2) is 0 Å². The third kappa shape index (κ3) is 54.2. The van der Waals surface area contributed by atoms with Gasteiger partial charge in [0.25, 0.3) is 0 Å². The fraction of sp³-hybridized carbons (Fsp3) is 0.953. The van der Waals surface area contributed by atoms with Gasteiger partial charge in [0, 0.05) is 19.3 Å². The highest BCUT2D eigenvalue weighted by atomic mass is 16.6. The number of unbranched alkanes of at least 4 members (excludes halogenated alkanes) is 41. The molecule has 6 heteroatoms. The van der Waals surface area contributed by atoms with Crippen LogP contribution in [0.15, 0.2) is 0 Å². The summed E-state index contributed by atoms with van der Waals surface area (Å²) < 4.78 is 16.9. The molecule has 0 radical (unpaired) electrons. The molecule has 416 valence electrons. The zero-order chi connectivity index (χ0) is 51.1. The Balaban J connectivity index is 4.23. The van der Waals surface area contributed by atoms with Crippen molar-refractivity contribution in [3.05, 3.63) is 0 Å². The maximum absolute atomic E-state index is 12.9. The molecule has 6 nitrogen and oxygen atoms in total. The standard InChI is InChI=1S/C64H124O6/c1-6-9-10-11-12-13-14-29-34-39-44-49-54-62(65)68-57-61(70-64(67)56-51-46-41-36-31-26-22-21-24-28-33-38-43-48-53-60(5)8-3)58-69-63(66)55-50-45-40-35-30-25-20-18-16-15-17-19-23-27-32-37-42-47-52-59(4)7-2/h59-61H,6-58H2,1-5H3/t59?,60?,61-/m0/s1. The Morgan fingerprint density at radius 1 is 0.286 bits per heavy atom. The zero-order valence-electron chi connectivity index (χ0n) is 48.2. The van der Waals surface area contributed by atoms with Crippen LogP contribution < -0.4 is 0 Å². The van der Waals surface area contributed by atoms with Crippen LogP contribution in [0.1, 0.15) is 362 Å². The summed E-state index contributed by atoms with van der Waals surface area (Å²) in [5, 5.41) is 0. The van der Waals surface area contributed by atoms with E-state index < -0.39 is 6.10 Å². The topological polar surface area (TPSA) is 78.9 Å². The second kappa shape index (κ2) is 56.7. The van der Waals surface area contributed by atoms with E-state index in [0.29, 0.717) is 19.3 Å². The molecule has 0 N–H and O–H groups in total. The molecule has 0 aliphatic carbocycles. The van der Waals surface area contributed by atoms with Crippen molar-refractivity contribution in [3.63, 3.8) is 0 Å². The lowest BCUT2D eigenvalue weighted by molar-refractivity contribution is -0.167. The highest BCUT2D eigenvalue weighted by molar-refractivity contribution is 5.71. The van der Waals surface area contributed by atoms with Gasteiger partial charge in [0.2, 0.25) is 0 Å². The first-order valence-corrected chi connectivity index (χ1v) is 31.8. The minimum absolute atomic E-state index is 0.0619. The Kier molecular flexibility index (Phi) is 55.4. The number of carbonyl (C=O) groups is 3. The summed E-state index contributed by atoms with van der Waals surface area (Å²) >= 11 is 0. The number of carbonyl (C=O) groups excluding carboxylic acids is 3. The van der Waals surface area contributed by atoms with Crippen LogP contribution in [0.3, 0.4) is 0 Å². The second-order valence-electron chi connectivity index (χ2n) is 22.5. The average Bonchev–Trinajstić information content (AvgIpc) is 3.36. The molecule has 0 aromatic heterocycles. The zero-order valence-corrected chi connectivity index (χ0v) is 48.2. The molecule has 0 fully saturated rings. The van der Waals surface area contributed by atoms with Crippen LogP contribution in [0.25, 0.3) is 0 Å². The molecule has 0 heterocycles. The van der Waals surface area contributed by atoms with Gasteiger partial charge in [0.1, 0.15) is 13.2 Å². The summed E-state index contributed by atoms with van der Waals surface area (Å²) in [5.41, 5.74) is 0. The Morgan fingerprint density at radius 3 is 0.743 bits per heavy atom. The van der Waals surface area contributed by atoms with E-state index in [0.717, 1.165) is 69.6 Å². The van der Waals surface area contributed by atoms with Crippen LogP contribution in [-0.4, -0.2) is 37.2 Å². The predicted molar refractivity (Wildman–Crippen MR) is 303 cm³/mol. The SMILES string of the molecule is CCCCCCCCCCCCCCC(=O)OC[C@@H](COC(=O)CCCCCCCCCCCCCCCCCCCCC(C)CC)OC(=O)CCCCCCCCCCCCCCCCC(C)CC. The normalized spacial score (nSPS) is 12.8. The van der Waals surface area contributed by atoms with Crippen LogP contribution in [-0.2, 0) is 28.6 Å². The number of hydrogen-bond donors (Lipinski definition) is 0. The van der Waals surface area contributed by atoms with E-state index in [1.165, 1.54) is 250 Å². The van der Waals surface area contributed by atoms with E-state index in [-0.39, 0.29) is 31.1 Å². The number of ether oxygens (including phenoxy) is 3. The molecular formula is C64H124O6. The van der Waals surface area contributed by atoms with E-state index in [1.807, 2.05) is 0 Å². The summed E-state index contributed by atoms with van der Waals surface area (Å²) in [7, 11) is 0. The molecule has 0 aliphatic heterocycles. The van der Waals surface area contributed by atoms with Crippen molar-refractivity contribution >= 4 is 17.9 Å². The number of rotatable bonds is 58. The van der Waals surface area contributed by atoms with Gasteiger partial charge in [-0.1, -0.05) is 324 Å². The molecule has 0 saturated carbocycles. The highest BCUT2D eigenvalue weighted by Crippen LogP contribution is 2.20. The minimum atomic E-state index is -0.763. The first-order valence-electron chi connectivity index (χ1n) is 31.8. The Labute approximate surface area is 438 Å². The third-order valence-electron chi connectivity index (χ3n) is 15.4. The molecule has 0 saturated heterocycles. The molecule has 2 unspecified atom stereocenters. The van der Waals surface area contributed by atoms with E-state index >= 15 is 0 Å². The van der Waals surface area contributed by atoms with Crippen molar-refractivity contribution in [1.82, 2.24) is 0 Å². The third-order valence-corrected chi connectivity index (χ3v) is 15.4. The molecule has 3 atom stereocenters. The molecule has 0 amide bonds. The largest absolute Gasteiger partial charge is 0.462 e. The van der Waals surface area contributed by atoms with Gasteiger partial charge in [0.05, 0.1) is 0 Å². The quantitative estimate of drug-likeness (QED) is 0.0343. The predicted octanol–water partition coefficient (Wildman–Crippen LogP) is 21.2. The lowest BCUT2D eigenvalue weighted by Crippen LogP contribution is -2.30. The van der Waals surface area contributed by atoms with Crippen LogP contribution in [0.5, 0.6) is 0 Å². The second-order valence-corrected chi connectivity index (χ2v) is 22.5. The summed E-state index contributed by atoms with van der Waals surface area (Å²) in [5.74, 6) is 0.972. The van der Waals surface area contributed by atoms with Gasteiger partial charge in [-0.3, -0.25) is 14.4 Å². The van der Waals surface area contributed by atoms with E-state index in [2.05, 4.69) is 34.6 Å². The molecule has 0 bridgehead atoms. The van der Waals surface area contributed by atoms with E-state index in [9.17, 15) is 14.4 Å². The fourth-order valence-corrected chi connectivity index (χ4v) is 9.87. The van der Waals surface area contributed by atoms with Gasteiger partial charge in [-0.05, 0) is 31.1 Å². The van der Waals surface area contributed by atoms with Gasteiger partial charge >= 0.3 is 17.9 Å². The van der Waals surface area contributed by atoms with Gasteiger partial charge in [-0.15, -0.1) is 0 Å². The molecular weight excluding hydrogens is 865 g/mol. The molecule has 70 heavy (non-hydrogen) atoms. The minimum Gasteiger partial charge on any atom is -0.462 e. The Bertz CT molecular complexity index is 1080. The number of hydrogen-bond acceptors (Lipinski definition) is 6. The molecule has 0 aromatic rings. The fourth-order valence-electron chi connectivity index (χ4n) is 9.87. The maximum Gasteiger partial charge on any atom is 0.306 e. The van der Waals surface area contributed by atoms with Crippen molar-refractivity contribution in [2.24, 2.45) is 11.8 Å². The van der Waals surface area contributed by atoms with Crippen LogP contribution >= 0.6 is 0 Å². The lowest BCUT2D eigenvalue weighted by atomic mass is 9.99. The van der Waals surface area contributed by atoms with Crippen molar-refractivity contribution in [2.75, 3.05) is 13.2 Å². The summed E-state index contributed by atoms with van der Waals surface area (Å²) in [6.45, 7) is 11.5. The van der Waals surface area contributed by atoms with Crippen LogP contribution in [0.2, 0.25) is 0 Å². The first-order chi connectivity index (χ1) is 34.3. The molecule has 0 rings (SSSR count). The highest BCUT2D eigenvalue weighted by Gasteiger charge is 2.19. The average molecular weight is 990 g/mol. The van der Waals surface area contributed by atoms with Crippen molar-refractivity contribution in [2.45, 2.75) is 368 Å². The molecule has 0 spiro atoms. The maximum atomic E-state index is 12.9. The van der Waals surface area contributed by atoms with Crippen LogP contribution in [0.4, 0.5) is 0 Å². The van der Waals surface area contributed by atoms with Gasteiger partial charge < -0.3 is 14.2 Å². The van der Waals surface area contributed by atoms with Crippen LogP contribution in [0, 0.1) is 11.8 Å². The first kappa shape index (κ1) is 68.4. The van der Waals surface area contributed by atoms with Crippen molar-refractivity contribution < 1.29 is 28.6 Å². The summed E-state index contributed by atoms with van der Waals surface area (Å²) in [6.07, 6.45) is 62.3. The van der Waals surface area contributed by atoms with E-state index in [1.54, 1.807) is 0 Å². The lowest BCUT2D eigenvalue weighted by Gasteiger charge is -2.18. The number of esters is 3. The smallest absolute Gasteiger partial charge is 0.306 e. The monoisotopic (exact) mass is 989 g/mol. The van der Waals surface area contributed by atoms with Gasteiger partial charge in [0.15, 0.2) is 6.10 Å². The molecule has 0 aromatic carbocycles. The van der Waals surface area contributed by atoms with E-state index in [4.69, 9.17) is 14.2 Å². The van der Waals surface area contributed by atoms with Crippen molar-refractivity contribution in [3.8, 4) is 0 Å². The molecule has 0 aliphatic rings. The van der Waals surface area contributed by atoms with Gasteiger partial charge in [-0.2, -0.15) is 0 Å².